The zero-order valence-electron chi connectivity index (χ0n) is 9.27. The molecule has 0 aliphatic heterocycles. The fourth-order valence-corrected chi connectivity index (χ4v) is 2.39. The first-order valence-electron chi connectivity index (χ1n) is 5.38. The molecular formula is C14H14OS. The summed E-state index contributed by atoms with van der Waals surface area (Å²) >= 11 is 1.52. The van der Waals surface area contributed by atoms with Crippen molar-refractivity contribution < 1.29 is 4.79 Å². The summed E-state index contributed by atoms with van der Waals surface area (Å²) in [5, 5.41) is 1.95. The molecule has 82 valence electrons. The molecule has 2 rings (SSSR count). The maximum atomic E-state index is 11.8. The molecule has 1 aromatic heterocycles. The molecule has 0 unspecified atom stereocenters. The van der Waals surface area contributed by atoms with Gasteiger partial charge >= 0.3 is 0 Å². The van der Waals surface area contributed by atoms with Gasteiger partial charge < -0.3 is 0 Å². The summed E-state index contributed by atoms with van der Waals surface area (Å²) in [7, 11) is 0. The zero-order valence-corrected chi connectivity index (χ0v) is 10.1. The molecule has 1 nitrogen and oxygen atoms in total. The van der Waals surface area contributed by atoms with E-state index in [9.17, 15) is 4.79 Å². The number of rotatable bonds is 4. The third kappa shape index (κ3) is 2.58. The Kier molecular flexibility index (Phi) is 3.52. The minimum absolute atomic E-state index is 0.248. The van der Waals surface area contributed by atoms with Crippen LogP contribution < -0.4 is 0 Å². The number of carbonyl (C=O) groups is 1. The van der Waals surface area contributed by atoms with E-state index < -0.39 is 0 Å². The van der Waals surface area contributed by atoms with Crippen LogP contribution in [-0.2, 0) is 6.42 Å². The van der Waals surface area contributed by atoms with Gasteiger partial charge in [0.15, 0.2) is 5.78 Å². The number of aryl methyl sites for hydroxylation is 2. The van der Waals surface area contributed by atoms with Crippen molar-refractivity contribution in [3.05, 3.63) is 57.8 Å². The maximum absolute atomic E-state index is 11.8. The largest absolute Gasteiger partial charge is 0.293 e. The van der Waals surface area contributed by atoms with Gasteiger partial charge in [0.2, 0.25) is 0 Å². The number of hydrogen-bond acceptors (Lipinski definition) is 2. The molecule has 0 radical (unpaired) electrons. The predicted molar refractivity (Wildman–Crippen MR) is 68.1 cm³/mol. The summed E-state index contributed by atoms with van der Waals surface area (Å²) in [5.74, 6) is 0.248. The molecule has 0 N–H and O–H groups in total. The summed E-state index contributed by atoms with van der Waals surface area (Å²) in [5.41, 5.74) is 2.54. The molecule has 0 saturated heterocycles. The van der Waals surface area contributed by atoms with Crippen LogP contribution in [0.15, 0.2) is 41.8 Å². The third-order valence-electron chi connectivity index (χ3n) is 2.68. The molecule has 1 heterocycles. The van der Waals surface area contributed by atoms with Crippen LogP contribution in [-0.4, -0.2) is 5.78 Å². The van der Waals surface area contributed by atoms with Gasteiger partial charge in [-0.3, -0.25) is 4.79 Å². The number of carbonyl (C=O) groups excluding carboxylic acids is 1. The van der Waals surface area contributed by atoms with Crippen LogP contribution in [0, 0.1) is 6.92 Å². The zero-order chi connectivity index (χ0) is 11.4. The average molecular weight is 230 g/mol. The second kappa shape index (κ2) is 5.08. The Morgan fingerprint density at radius 2 is 2.00 bits per heavy atom. The van der Waals surface area contributed by atoms with E-state index in [2.05, 4.69) is 19.1 Å². The van der Waals surface area contributed by atoms with Crippen LogP contribution >= 0.6 is 11.3 Å². The normalized spacial score (nSPS) is 10.3. The summed E-state index contributed by atoms with van der Waals surface area (Å²) in [6.45, 7) is 2.09. The smallest absolute Gasteiger partial charge is 0.173 e. The summed E-state index contributed by atoms with van der Waals surface area (Å²) in [6.07, 6.45) is 1.44. The van der Waals surface area contributed by atoms with Gasteiger partial charge in [0, 0.05) is 6.42 Å². The molecule has 0 saturated carbocycles. The monoisotopic (exact) mass is 230 g/mol. The highest BCUT2D eigenvalue weighted by atomic mass is 32.1. The molecule has 2 aromatic rings. The fourth-order valence-electron chi connectivity index (χ4n) is 1.70. The molecule has 0 spiro atoms. The van der Waals surface area contributed by atoms with Gasteiger partial charge in [-0.1, -0.05) is 30.3 Å². The predicted octanol–water partition coefficient (Wildman–Crippen LogP) is 3.87. The number of Topliss-reactive ketones (excluding diaryl/α,β-unsaturated/α-hetero) is 1. The standard InChI is InChI=1S/C14H14OS/c1-11-5-2-3-6-12(11)8-9-13(15)14-7-4-10-16-14/h2-7,10H,8-9H2,1H3. The Balaban J connectivity index is 1.98. The molecule has 0 aliphatic rings. The molecule has 2 heteroatoms. The fraction of sp³-hybridized carbons (Fsp3) is 0.214. The van der Waals surface area contributed by atoms with E-state index in [4.69, 9.17) is 0 Å². The van der Waals surface area contributed by atoms with Crippen molar-refractivity contribution in [2.45, 2.75) is 19.8 Å². The SMILES string of the molecule is Cc1ccccc1CCC(=O)c1cccs1. The molecule has 0 aliphatic carbocycles. The van der Waals surface area contributed by atoms with E-state index in [-0.39, 0.29) is 5.78 Å². The molecule has 0 fully saturated rings. The first-order valence-corrected chi connectivity index (χ1v) is 6.26. The molecule has 0 atom stereocenters. The lowest BCUT2D eigenvalue weighted by molar-refractivity contribution is 0.0986. The minimum Gasteiger partial charge on any atom is -0.293 e. The number of hydrogen-bond donors (Lipinski definition) is 0. The molecular weight excluding hydrogens is 216 g/mol. The average Bonchev–Trinajstić information content (AvgIpc) is 2.81. The molecule has 1 aromatic carbocycles. The first-order chi connectivity index (χ1) is 7.77. The van der Waals surface area contributed by atoms with E-state index in [0.29, 0.717) is 6.42 Å². The second-order valence-electron chi connectivity index (χ2n) is 3.83. The van der Waals surface area contributed by atoms with Gasteiger partial charge in [0.1, 0.15) is 0 Å². The van der Waals surface area contributed by atoms with Gasteiger partial charge in [-0.2, -0.15) is 0 Å². The Morgan fingerprint density at radius 3 is 2.69 bits per heavy atom. The number of thiophene rings is 1. The minimum atomic E-state index is 0.248. The highest BCUT2D eigenvalue weighted by Gasteiger charge is 2.07. The van der Waals surface area contributed by atoms with Crippen LogP contribution in [0.1, 0.15) is 27.2 Å². The molecule has 0 bridgehead atoms. The van der Waals surface area contributed by atoms with Gasteiger partial charge in [0.25, 0.3) is 0 Å². The van der Waals surface area contributed by atoms with Crippen LogP contribution in [0.2, 0.25) is 0 Å². The quantitative estimate of drug-likeness (QED) is 0.729. The van der Waals surface area contributed by atoms with Crippen LogP contribution in [0.3, 0.4) is 0 Å². The molecule has 0 amide bonds. The van der Waals surface area contributed by atoms with Gasteiger partial charge in [-0.15, -0.1) is 11.3 Å². The highest BCUT2D eigenvalue weighted by Crippen LogP contribution is 2.15. The van der Waals surface area contributed by atoms with E-state index in [1.807, 2.05) is 29.6 Å². The Morgan fingerprint density at radius 1 is 1.19 bits per heavy atom. The number of benzene rings is 1. The second-order valence-corrected chi connectivity index (χ2v) is 4.77. The van der Waals surface area contributed by atoms with Crippen molar-refractivity contribution >= 4 is 17.1 Å². The maximum Gasteiger partial charge on any atom is 0.173 e. The van der Waals surface area contributed by atoms with E-state index >= 15 is 0 Å². The van der Waals surface area contributed by atoms with Crippen molar-refractivity contribution in [2.75, 3.05) is 0 Å². The van der Waals surface area contributed by atoms with Crippen LogP contribution in [0.4, 0.5) is 0 Å². The molecule has 16 heavy (non-hydrogen) atoms. The Hall–Kier alpha value is -1.41. The lowest BCUT2D eigenvalue weighted by Gasteiger charge is -2.03. The lowest BCUT2D eigenvalue weighted by Crippen LogP contribution is -1.99. The number of ketones is 1. The third-order valence-corrected chi connectivity index (χ3v) is 3.59. The Bertz CT molecular complexity index is 471. The highest BCUT2D eigenvalue weighted by molar-refractivity contribution is 7.12. The van der Waals surface area contributed by atoms with Crippen LogP contribution in [0.5, 0.6) is 0 Å². The topological polar surface area (TPSA) is 17.1 Å². The van der Waals surface area contributed by atoms with Crippen molar-refractivity contribution in [2.24, 2.45) is 0 Å². The van der Waals surface area contributed by atoms with E-state index in [1.54, 1.807) is 0 Å². The summed E-state index contributed by atoms with van der Waals surface area (Å²) in [6, 6.07) is 12.1. The van der Waals surface area contributed by atoms with Gasteiger partial charge in [-0.25, -0.2) is 0 Å². The summed E-state index contributed by atoms with van der Waals surface area (Å²) < 4.78 is 0. The summed E-state index contributed by atoms with van der Waals surface area (Å²) in [4.78, 5) is 12.7. The van der Waals surface area contributed by atoms with Crippen molar-refractivity contribution in [1.29, 1.82) is 0 Å². The van der Waals surface area contributed by atoms with E-state index in [0.717, 1.165) is 11.3 Å². The first kappa shape index (κ1) is 11.1. The Labute approximate surface area is 99.8 Å². The van der Waals surface area contributed by atoms with Crippen molar-refractivity contribution in [1.82, 2.24) is 0 Å². The van der Waals surface area contributed by atoms with Crippen molar-refractivity contribution in [3.8, 4) is 0 Å². The van der Waals surface area contributed by atoms with Gasteiger partial charge in [-0.05, 0) is 35.9 Å². The van der Waals surface area contributed by atoms with E-state index in [1.165, 1.54) is 22.5 Å². The van der Waals surface area contributed by atoms with Crippen LogP contribution in [0.25, 0.3) is 0 Å². The lowest BCUT2D eigenvalue weighted by atomic mass is 10.0. The van der Waals surface area contributed by atoms with Gasteiger partial charge in [0.05, 0.1) is 4.88 Å². The van der Waals surface area contributed by atoms with Crippen molar-refractivity contribution in [3.63, 3.8) is 0 Å².